The fourth-order valence-electron chi connectivity index (χ4n) is 5.35. The van der Waals surface area contributed by atoms with E-state index in [0.29, 0.717) is 5.56 Å². The van der Waals surface area contributed by atoms with Crippen LogP contribution in [-0.2, 0) is 18.9 Å². The summed E-state index contributed by atoms with van der Waals surface area (Å²) in [7, 11) is 0. The topological polar surface area (TPSA) is 201 Å². The van der Waals surface area contributed by atoms with Gasteiger partial charge in [0.25, 0.3) is 5.91 Å². The fourth-order valence-corrected chi connectivity index (χ4v) is 5.35. The second kappa shape index (κ2) is 15.6. The lowest BCUT2D eigenvalue weighted by atomic mass is 10.0. The first-order chi connectivity index (χ1) is 25.3. The minimum atomic E-state index is -2.39. The number of carbonyl (C=O) groups is 4. The summed E-state index contributed by atoms with van der Waals surface area (Å²) in [6, 6.07) is 33.0. The molecule has 1 aromatic heterocycles. The minimum absolute atomic E-state index is 0.0764. The van der Waals surface area contributed by atoms with Crippen molar-refractivity contribution in [1.82, 2.24) is 9.55 Å². The number of carbonyl (C=O) groups excluding carboxylic acids is 4. The van der Waals surface area contributed by atoms with Crippen LogP contribution in [0.1, 0.15) is 47.7 Å². The van der Waals surface area contributed by atoms with Crippen LogP contribution >= 0.6 is 0 Å². The van der Waals surface area contributed by atoms with E-state index in [1.807, 2.05) is 0 Å². The van der Waals surface area contributed by atoms with Crippen molar-refractivity contribution in [3.8, 4) is 0 Å². The Morgan fingerprint density at radius 2 is 1.25 bits per heavy atom. The second-order valence-corrected chi connectivity index (χ2v) is 11.2. The summed E-state index contributed by atoms with van der Waals surface area (Å²) in [6.45, 7) is -0.846. The molecule has 1 aliphatic heterocycles. The van der Waals surface area contributed by atoms with Gasteiger partial charge in [-0.1, -0.05) is 77.9 Å². The number of amides is 1. The average molecular weight is 701 g/mol. The van der Waals surface area contributed by atoms with Crippen molar-refractivity contribution in [3.63, 3.8) is 0 Å². The van der Waals surface area contributed by atoms with Crippen LogP contribution in [0.15, 0.2) is 143 Å². The number of aromatic nitrogens is 2. The highest BCUT2D eigenvalue weighted by molar-refractivity contribution is 6.03. The Kier molecular flexibility index (Phi) is 10.5. The van der Waals surface area contributed by atoms with Gasteiger partial charge in [-0.3, -0.25) is 9.36 Å². The van der Waals surface area contributed by atoms with Gasteiger partial charge in [0.15, 0.2) is 18.4 Å². The highest BCUT2D eigenvalue weighted by atomic mass is 16.7. The summed E-state index contributed by atoms with van der Waals surface area (Å²) >= 11 is 0. The zero-order valence-electron chi connectivity index (χ0n) is 27.1. The first-order valence-electron chi connectivity index (χ1n) is 15.7. The Labute approximate surface area is 295 Å². The number of esters is 3. The molecule has 5 aromatic rings. The van der Waals surface area contributed by atoms with E-state index in [1.165, 1.54) is 48.7 Å². The number of azide groups is 1. The van der Waals surface area contributed by atoms with E-state index in [4.69, 9.17) is 18.9 Å². The quantitative estimate of drug-likeness (QED) is 0.0616. The molecule has 6 rings (SSSR count). The molecule has 0 unspecified atom stereocenters. The van der Waals surface area contributed by atoms with Gasteiger partial charge in [-0.05, 0) is 60.1 Å². The van der Waals surface area contributed by atoms with E-state index in [0.717, 1.165) is 4.57 Å². The third-order valence-electron chi connectivity index (χ3n) is 7.86. The average Bonchev–Trinajstić information content (AvgIpc) is 3.46. The van der Waals surface area contributed by atoms with Gasteiger partial charge < -0.3 is 24.3 Å². The van der Waals surface area contributed by atoms with Crippen molar-refractivity contribution in [2.24, 2.45) is 5.11 Å². The van der Waals surface area contributed by atoms with Crippen molar-refractivity contribution < 1.29 is 38.1 Å². The Bertz CT molecular complexity index is 2180. The van der Waals surface area contributed by atoms with Crippen molar-refractivity contribution in [3.05, 3.63) is 177 Å². The van der Waals surface area contributed by atoms with Crippen LogP contribution in [0.4, 0.5) is 5.82 Å². The highest BCUT2D eigenvalue weighted by Crippen LogP contribution is 2.43. The van der Waals surface area contributed by atoms with Crippen LogP contribution in [0, 0.1) is 0 Å². The van der Waals surface area contributed by atoms with Crippen LogP contribution in [-0.4, -0.2) is 57.9 Å². The molecule has 1 amide bonds. The molecule has 52 heavy (non-hydrogen) atoms. The second-order valence-electron chi connectivity index (χ2n) is 11.2. The maximum atomic E-state index is 13.6. The van der Waals surface area contributed by atoms with Crippen LogP contribution in [0.5, 0.6) is 0 Å². The van der Waals surface area contributed by atoms with E-state index in [9.17, 15) is 29.5 Å². The van der Waals surface area contributed by atoms with Gasteiger partial charge >= 0.3 is 23.6 Å². The first kappa shape index (κ1) is 34.8. The number of nitrogens with one attached hydrogen (secondary N) is 1. The molecule has 0 bridgehead atoms. The zero-order valence-corrected chi connectivity index (χ0v) is 27.1. The van der Waals surface area contributed by atoms with E-state index in [1.54, 1.807) is 84.9 Å². The van der Waals surface area contributed by atoms with E-state index in [-0.39, 0.29) is 22.5 Å². The zero-order chi connectivity index (χ0) is 36.5. The predicted molar refractivity (Wildman–Crippen MR) is 183 cm³/mol. The van der Waals surface area contributed by atoms with Gasteiger partial charge in [-0.15, -0.1) is 0 Å². The molecule has 0 aliphatic carbocycles. The number of ether oxygens (including phenoxy) is 4. The summed E-state index contributed by atoms with van der Waals surface area (Å²) in [4.78, 5) is 73.3. The van der Waals surface area contributed by atoms with E-state index < -0.39 is 60.3 Å². The van der Waals surface area contributed by atoms with E-state index in [2.05, 4.69) is 20.3 Å². The van der Waals surface area contributed by atoms with Gasteiger partial charge in [0, 0.05) is 16.7 Å². The standard InChI is InChI=1S/C37H28N6O9/c38-42-41-37(23-49-33(45)25-15-7-2-8-16-25)30(51-35(47)27-19-11-4-12-20-27)29(50-34(46)26-17-9-3-10-18-26)32(52-37)43-22-21-28(40-36(43)48)39-31(44)24-13-5-1-6-14-24/h1-22,29-30,32H,23H2,(H,39,40,44,48)/t29-,30-,32+,37+/m0/s1. The molecule has 1 aliphatic rings. The van der Waals surface area contributed by atoms with Crippen molar-refractivity contribution in [2.45, 2.75) is 24.2 Å². The Morgan fingerprint density at radius 1 is 0.750 bits per heavy atom. The summed E-state index contributed by atoms with van der Waals surface area (Å²) < 4.78 is 24.4. The summed E-state index contributed by atoms with van der Waals surface area (Å²) in [6.07, 6.45) is -3.99. The fraction of sp³-hybridized carbons (Fsp3) is 0.135. The van der Waals surface area contributed by atoms with Crippen LogP contribution in [0.3, 0.4) is 0 Å². The van der Waals surface area contributed by atoms with Crippen LogP contribution in [0.25, 0.3) is 10.4 Å². The summed E-state index contributed by atoms with van der Waals surface area (Å²) in [5.41, 5.74) is 7.02. The molecule has 0 radical (unpaired) electrons. The number of rotatable bonds is 11. The number of hydrogen-bond donors (Lipinski definition) is 1. The Hall–Kier alpha value is -7.09. The Morgan fingerprint density at radius 3 is 1.77 bits per heavy atom. The van der Waals surface area contributed by atoms with Crippen LogP contribution < -0.4 is 11.0 Å². The van der Waals surface area contributed by atoms with Gasteiger partial charge in [0.05, 0.1) is 16.7 Å². The van der Waals surface area contributed by atoms with Crippen molar-refractivity contribution >= 4 is 29.6 Å². The molecular formula is C37H28N6O9. The predicted octanol–water partition coefficient (Wildman–Crippen LogP) is 5.34. The molecule has 4 atom stereocenters. The molecule has 1 N–H and O–H groups in total. The molecule has 2 heterocycles. The van der Waals surface area contributed by atoms with Gasteiger partial charge in [0.2, 0.25) is 5.72 Å². The monoisotopic (exact) mass is 700 g/mol. The molecule has 4 aromatic carbocycles. The minimum Gasteiger partial charge on any atom is -0.459 e. The van der Waals surface area contributed by atoms with E-state index >= 15 is 0 Å². The lowest BCUT2D eigenvalue weighted by Crippen LogP contribution is -2.49. The molecule has 15 nitrogen and oxygen atoms in total. The maximum Gasteiger partial charge on any atom is 0.351 e. The van der Waals surface area contributed by atoms with Gasteiger partial charge in [-0.2, -0.15) is 4.98 Å². The smallest absolute Gasteiger partial charge is 0.351 e. The molecule has 1 fully saturated rings. The molecule has 1 saturated heterocycles. The van der Waals surface area contributed by atoms with Crippen LogP contribution in [0.2, 0.25) is 0 Å². The molecule has 15 heteroatoms. The largest absolute Gasteiger partial charge is 0.459 e. The third kappa shape index (κ3) is 7.70. The maximum absolute atomic E-state index is 13.6. The highest BCUT2D eigenvalue weighted by Gasteiger charge is 2.61. The van der Waals surface area contributed by atoms with Gasteiger partial charge in [0.1, 0.15) is 12.4 Å². The normalized spacial score (nSPS) is 19.0. The Balaban J connectivity index is 1.41. The SMILES string of the molecule is [N-]=[N+]=N[C@]1(COC(=O)c2ccccc2)O[C@@H](n2ccc(NC(=O)c3ccccc3)nc2=O)[C@@H](OC(=O)c2ccccc2)[C@@H]1OC(=O)c1ccccc1. The number of hydrogen-bond acceptors (Lipinski definition) is 11. The number of anilines is 1. The number of benzene rings is 4. The van der Waals surface area contributed by atoms with Gasteiger partial charge in [-0.25, -0.2) is 19.2 Å². The summed E-state index contributed by atoms with van der Waals surface area (Å²) in [5, 5.41) is 6.33. The van der Waals surface area contributed by atoms with Crippen molar-refractivity contribution in [1.29, 1.82) is 0 Å². The number of nitrogens with zero attached hydrogens (tertiary/aromatic N) is 5. The lowest BCUT2D eigenvalue weighted by molar-refractivity contribution is -0.129. The lowest BCUT2D eigenvalue weighted by Gasteiger charge is -2.29. The molecular weight excluding hydrogens is 672 g/mol. The molecule has 0 saturated carbocycles. The third-order valence-corrected chi connectivity index (χ3v) is 7.86. The molecule has 0 spiro atoms. The molecule has 260 valence electrons. The van der Waals surface area contributed by atoms with Crippen molar-refractivity contribution in [2.75, 3.05) is 11.9 Å². The first-order valence-corrected chi connectivity index (χ1v) is 15.7. The summed E-state index contributed by atoms with van der Waals surface area (Å²) in [5.74, 6) is -3.34.